The van der Waals surface area contributed by atoms with Crippen LogP contribution in [0.25, 0.3) is 21.9 Å². The van der Waals surface area contributed by atoms with Crippen molar-refractivity contribution in [1.29, 1.82) is 0 Å². The van der Waals surface area contributed by atoms with E-state index in [1.54, 1.807) is 0 Å². The van der Waals surface area contributed by atoms with E-state index in [1.807, 2.05) is 31.2 Å². The number of benzene rings is 1. The molecule has 3 N–H and O–H groups in total. The van der Waals surface area contributed by atoms with Gasteiger partial charge in [0.05, 0.1) is 28.6 Å². The molecule has 30 heavy (non-hydrogen) atoms. The lowest BCUT2D eigenvalue weighted by Gasteiger charge is -2.35. The minimum absolute atomic E-state index is 0.0797. The maximum Gasteiger partial charge on any atom is 0.407 e. The Hall–Kier alpha value is -2.88. The molecule has 0 unspecified atom stereocenters. The largest absolute Gasteiger partial charge is 0.465 e. The standard InChI is InChI=1S/C20H25N5O4S/c1-2-16-23-17-18(14-7-3-4-8-15(14)22-19(17)21)25(16)10-6-5-9-24(20(26)27)13-11-30(28,29)12-13/h3-4,7-8,13H,2,5-6,9-12H2,1H3,(H2,21,22)(H,26,27). The summed E-state index contributed by atoms with van der Waals surface area (Å²) in [6.07, 6.45) is 1.04. The summed E-state index contributed by atoms with van der Waals surface area (Å²) >= 11 is 0. The van der Waals surface area contributed by atoms with Gasteiger partial charge in [0.2, 0.25) is 0 Å². The molecule has 1 fully saturated rings. The normalized spacial score (nSPS) is 16.0. The second-order valence-corrected chi connectivity index (χ2v) is 9.81. The van der Waals surface area contributed by atoms with Crippen LogP contribution in [0.2, 0.25) is 0 Å². The molecule has 160 valence electrons. The van der Waals surface area contributed by atoms with Crippen molar-refractivity contribution in [2.45, 2.75) is 38.8 Å². The molecule has 0 bridgehead atoms. The van der Waals surface area contributed by atoms with Gasteiger partial charge in [0.1, 0.15) is 11.3 Å². The fraction of sp³-hybridized carbons (Fsp3) is 0.450. The van der Waals surface area contributed by atoms with E-state index in [-0.39, 0.29) is 11.5 Å². The zero-order valence-corrected chi connectivity index (χ0v) is 17.6. The maximum atomic E-state index is 11.5. The van der Waals surface area contributed by atoms with E-state index in [0.717, 1.165) is 35.1 Å². The number of nitrogen functional groups attached to an aromatic ring is 1. The van der Waals surface area contributed by atoms with Gasteiger partial charge in [-0.05, 0) is 18.9 Å². The molecule has 0 radical (unpaired) electrons. The third-order valence-corrected chi connectivity index (χ3v) is 7.40. The first kappa shape index (κ1) is 20.4. The Morgan fingerprint density at radius 3 is 2.67 bits per heavy atom. The van der Waals surface area contributed by atoms with Crippen molar-refractivity contribution in [3.8, 4) is 0 Å². The van der Waals surface area contributed by atoms with Gasteiger partial charge in [-0.2, -0.15) is 0 Å². The molecule has 1 aliphatic heterocycles. The summed E-state index contributed by atoms with van der Waals surface area (Å²) in [4.78, 5) is 21.9. The highest BCUT2D eigenvalue weighted by Crippen LogP contribution is 2.29. The van der Waals surface area contributed by atoms with Crippen molar-refractivity contribution >= 4 is 43.7 Å². The Bertz CT molecular complexity index is 1210. The highest BCUT2D eigenvalue weighted by Gasteiger charge is 2.39. The van der Waals surface area contributed by atoms with Crippen molar-refractivity contribution in [1.82, 2.24) is 19.4 Å². The number of carboxylic acid groups (broad SMARTS) is 1. The number of rotatable bonds is 7. The van der Waals surface area contributed by atoms with E-state index in [1.165, 1.54) is 4.90 Å². The topological polar surface area (TPSA) is 131 Å². The molecule has 1 aromatic carbocycles. The highest BCUT2D eigenvalue weighted by molar-refractivity contribution is 7.92. The summed E-state index contributed by atoms with van der Waals surface area (Å²) in [7, 11) is -3.07. The Morgan fingerprint density at radius 2 is 2.00 bits per heavy atom. The van der Waals surface area contributed by atoms with Gasteiger partial charge in [-0.1, -0.05) is 25.1 Å². The summed E-state index contributed by atoms with van der Waals surface area (Å²) in [5.41, 5.74) is 8.62. The lowest BCUT2D eigenvalue weighted by atomic mass is 10.2. The van der Waals surface area contributed by atoms with Crippen LogP contribution in [-0.2, 0) is 22.8 Å². The van der Waals surface area contributed by atoms with Gasteiger partial charge in [0.25, 0.3) is 0 Å². The van der Waals surface area contributed by atoms with Crippen LogP contribution in [0.15, 0.2) is 24.3 Å². The first-order valence-corrected chi connectivity index (χ1v) is 11.9. The van der Waals surface area contributed by atoms with Crippen LogP contribution in [0.4, 0.5) is 10.6 Å². The summed E-state index contributed by atoms with van der Waals surface area (Å²) < 4.78 is 24.9. The number of imidazole rings is 1. The lowest BCUT2D eigenvalue weighted by Crippen LogP contribution is -2.55. The minimum atomic E-state index is -3.07. The molecule has 0 saturated carbocycles. The predicted molar refractivity (Wildman–Crippen MR) is 115 cm³/mol. The molecule has 2 aromatic heterocycles. The molecule has 0 atom stereocenters. The van der Waals surface area contributed by atoms with Crippen LogP contribution in [0.1, 0.15) is 25.6 Å². The summed E-state index contributed by atoms with van der Waals surface area (Å²) in [5.74, 6) is 1.16. The van der Waals surface area contributed by atoms with Crippen LogP contribution in [0.3, 0.4) is 0 Å². The number of fused-ring (bicyclic) bond motifs is 3. The summed E-state index contributed by atoms with van der Waals surface area (Å²) in [5, 5.41) is 10.4. The first-order valence-electron chi connectivity index (χ1n) is 10.0. The Balaban J connectivity index is 1.53. The molecule has 3 aromatic rings. The number of para-hydroxylation sites is 1. The Labute approximate surface area is 174 Å². The Morgan fingerprint density at radius 1 is 1.27 bits per heavy atom. The average molecular weight is 432 g/mol. The number of anilines is 1. The smallest absolute Gasteiger partial charge is 0.407 e. The third kappa shape index (κ3) is 3.67. The van der Waals surface area contributed by atoms with E-state index in [9.17, 15) is 18.3 Å². The van der Waals surface area contributed by atoms with Crippen molar-refractivity contribution in [3.63, 3.8) is 0 Å². The number of pyridine rings is 1. The number of aryl methyl sites for hydroxylation is 2. The number of amides is 1. The van der Waals surface area contributed by atoms with Crippen LogP contribution >= 0.6 is 0 Å². The molecular formula is C20H25N5O4S. The molecule has 4 rings (SSSR count). The number of hydrogen-bond acceptors (Lipinski definition) is 6. The lowest BCUT2D eigenvalue weighted by molar-refractivity contribution is 0.129. The highest BCUT2D eigenvalue weighted by atomic mass is 32.2. The van der Waals surface area contributed by atoms with Gasteiger partial charge >= 0.3 is 6.09 Å². The third-order valence-electron chi connectivity index (χ3n) is 5.62. The minimum Gasteiger partial charge on any atom is -0.465 e. The molecule has 1 amide bonds. The van der Waals surface area contributed by atoms with Crippen molar-refractivity contribution < 1.29 is 18.3 Å². The molecule has 0 aliphatic carbocycles. The van der Waals surface area contributed by atoms with Crippen LogP contribution in [0, 0.1) is 0 Å². The van der Waals surface area contributed by atoms with Crippen LogP contribution in [0.5, 0.6) is 0 Å². The van der Waals surface area contributed by atoms with Gasteiger partial charge in [0.15, 0.2) is 15.7 Å². The van der Waals surface area contributed by atoms with E-state index < -0.39 is 22.0 Å². The molecule has 1 aliphatic rings. The number of nitrogens with two attached hydrogens (primary N) is 1. The van der Waals surface area contributed by atoms with Gasteiger partial charge in [0, 0.05) is 24.9 Å². The number of nitrogens with zero attached hydrogens (tertiary/aromatic N) is 4. The van der Waals surface area contributed by atoms with E-state index >= 15 is 0 Å². The van der Waals surface area contributed by atoms with Crippen LogP contribution < -0.4 is 5.73 Å². The molecule has 10 heteroatoms. The monoisotopic (exact) mass is 431 g/mol. The van der Waals surface area contributed by atoms with Crippen molar-refractivity contribution in [2.75, 3.05) is 23.8 Å². The van der Waals surface area contributed by atoms with Crippen molar-refractivity contribution in [3.05, 3.63) is 30.1 Å². The quantitative estimate of drug-likeness (QED) is 0.549. The zero-order valence-electron chi connectivity index (χ0n) is 16.8. The van der Waals surface area contributed by atoms with Gasteiger partial charge < -0.3 is 20.3 Å². The molecular weight excluding hydrogens is 406 g/mol. The van der Waals surface area contributed by atoms with Gasteiger partial charge in [-0.3, -0.25) is 0 Å². The average Bonchev–Trinajstić information content (AvgIpc) is 3.05. The maximum absolute atomic E-state index is 11.5. The summed E-state index contributed by atoms with van der Waals surface area (Å²) in [6, 6.07) is 7.38. The van der Waals surface area contributed by atoms with Gasteiger partial charge in [-0.15, -0.1) is 0 Å². The van der Waals surface area contributed by atoms with E-state index in [0.29, 0.717) is 30.8 Å². The molecule has 9 nitrogen and oxygen atoms in total. The number of carbonyl (C=O) groups is 1. The SMILES string of the molecule is CCc1nc2c(N)nc3ccccc3c2n1CCCCN(C(=O)O)C1CS(=O)(=O)C1. The Kier molecular flexibility index (Phi) is 5.27. The van der Waals surface area contributed by atoms with Gasteiger partial charge in [-0.25, -0.2) is 23.2 Å². The first-order chi connectivity index (χ1) is 14.3. The fourth-order valence-corrected chi connectivity index (χ4v) is 5.55. The molecule has 0 spiro atoms. The molecule has 3 heterocycles. The van der Waals surface area contributed by atoms with E-state index in [4.69, 9.17) is 10.7 Å². The number of unbranched alkanes of at least 4 members (excludes halogenated alkanes) is 1. The zero-order chi connectivity index (χ0) is 21.5. The number of hydrogen-bond donors (Lipinski definition) is 2. The fourth-order valence-electron chi connectivity index (χ4n) is 4.12. The second-order valence-electron chi connectivity index (χ2n) is 7.66. The van der Waals surface area contributed by atoms with Crippen LogP contribution in [-0.4, -0.2) is 63.1 Å². The number of aromatic nitrogens is 3. The summed E-state index contributed by atoms with van der Waals surface area (Å²) in [6.45, 7) is 3.02. The van der Waals surface area contributed by atoms with Crippen molar-refractivity contribution in [2.24, 2.45) is 0 Å². The molecule has 1 saturated heterocycles. The number of sulfone groups is 1. The second kappa shape index (κ2) is 7.75. The van der Waals surface area contributed by atoms with E-state index in [2.05, 4.69) is 9.55 Å². The predicted octanol–water partition coefficient (Wildman–Crippen LogP) is 2.29.